The van der Waals surface area contributed by atoms with E-state index in [0.29, 0.717) is 5.57 Å². The van der Waals surface area contributed by atoms with Crippen LogP contribution in [-0.4, -0.2) is 22.8 Å². The van der Waals surface area contributed by atoms with Crippen molar-refractivity contribution in [2.45, 2.75) is 19.9 Å². The third kappa shape index (κ3) is 2.80. The standard InChI is InChI=1S/C11H14N2O2/c1-7(2)13-6-8-4-3-5-9(10(8)12)11(14)15/h3-7,12-13H,1-2H3,(H,14,15)/b8-6-,12-10?. The van der Waals surface area contributed by atoms with Gasteiger partial charge in [-0.05, 0) is 19.9 Å². The Bertz CT molecular complexity index is 376. The molecule has 0 aromatic heterocycles. The van der Waals surface area contributed by atoms with Crippen LogP contribution < -0.4 is 5.32 Å². The molecule has 0 spiro atoms. The predicted molar refractivity (Wildman–Crippen MR) is 58.9 cm³/mol. The number of carboxylic acids is 1. The third-order valence-electron chi connectivity index (χ3n) is 1.90. The Kier molecular flexibility index (Phi) is 3.44. The van der Waals surface area contributed by atoms with Crippen LogP contribution in [0.4, 0.5) is 0 Å². The number of nitrogens with one attached hydrogen (secondary N) is 2. The van der Waals surface area contributed by atoms with Crippen LogP contribution in [0.25, 0.3) is 0 Å². The molecule has 80 valence electrons. The molecule has 0 aromatic rings. The molecule has 0 amide bonds. The Morgan fingerprint density at radius 2 is 2.27 bits per heavy atom. The molecular weight excluding hydrogens is 192 g/mol. The van der Waals surface area contributed by atoms with Gasteiger partial charge in [-0.3, -0.25) is 5.41 Å². The fraction of sp³-hybridized carbons (Fsp3) is 0.273. The Labute approximate surface area is 88.5 Å². The first-order valence-corrected chi connectivity index (χ1v) is 4.69. The van der Waals surface area contributed by atoms with Crippen molar-refractivity contribution in [3.8, 4) is 0 Å². The summed E-state index contributed by atoms with van der Waals surface area (Å²) < 4.78 is 0. The van der Waals surface area contributed by atoms with E-state index in [0.717, 1.165) is 0 Å². The summed E-state index contributed by atoms with van der Waals surface area (Å²) in [6, 6.07) is 0.262. The van der Waals surface area contributed by atoms with Crippen LogP contribution in [0.1, 0.15) is 13.8 Å². The van der Waals surface area contributed by atoms with Crippen molar-refractivity contribution < 1.29 is 9.90 Å². The zero-order valence-corrected chi connectivity index (χ0v) is 8.74. The van der Waals surface area contributed by atoms with Gasteiger partial charge in [-0.25, -0.2) is 4.79 Å². The summed E-state index contributed by atoms with van der Waals surface area (Å²) in [5.74, 6) is -1.07. The number of rotatable bonds is 3. The first-order chi connectivity index (χ1) is 7.02. The highest BCUT2D eigenvalue weighted by Gasteiger charge is 2.17. The van der Waals surface area contributed by atoms with Gasteiger partial charge in [0.1, 0.15) is 0 Å². The first-order valence-electron chi connectivity index (χ1n) is 4.69. The smallest absolute Gasteiger partial charge is 0.337 e. The van der Waals surface area contributed by atoms with E-state index in [1.807, 2.05) is 13.8 Å². The van der Waals surface area contributed by atoms with Gasteiger partial charge in [-0.1, -0.05) is 12.2 Å². The highest BCUT2D eigenvalue weighted by molar-refractivity contribution is 6.26. The van der Waals surface area contributed by atoms with Gasteiger partial charge in [-0.15, -0.1) is 0 Å². The van der Waals surface area contributed by atoms with Crippen molar-refractivity contribution in [2.75, 3.05) is 0 Å². The normalized spacial score (nSPS) is 18.2. The summed E-state index contributed by atoms with van der Waals surface area (Å²) in [7, 11) is 0. The van der Waals surface area contributed by atoms with Gasteiger partial charge < -0.3 is 10.4 Å². The minimum Gasteiger partial charge on any atom is -0.478 e. The molecule has 4 heteroatoms. The van der Waals surface area contributed by atoms with Crippen LogP contribution in [0.3, 0.4) is 0 Å². The van der Waals surface area contributed by atoms with Crippen molar-refractivity contribution >= 4 is 11.7 Å². The molecule has 0 aliphatic heterocycles. The molecule has 3 N–H and O–H groups in total. The van der Waals surface area contributed by atoms with Gasteiger partial charge in [0, 0.05) is 17.8 Å². The lowest BCUT2D eigenvalue weighted by atomic mass is 9.98. The summed E-state index contributed by atoms with van der Waals surface area (Å²) in [5, 5.41) is 19.5. The van der Waals surface area contributed by atoms with E-state index in [1.54, 1.807) is 18.4 Å². The molecule has 0 heterocycles. The van der Waals surface area contributed by atoms with E-state index in [1.165, 1.54) is 6.08 Å². The largest absolute Gasteiger partial charge is 0.478 e. The van der Waals surface area contributed by atoms with Crippen LogP contribution in [-0.2, 0) is 4.79 Å². The predicted octanol–water partition coefficient (Wildman–Crippen LogP) is 1.47. The Morgan fingerprint density at radius 1 is 1.60 bits per heavy atom. The maximum atomic E-state index is 10.8. The molecule has 0 bridgehead atoms. The molecule has 0 saturated carbocycles. The van der Waals surface area contributed by atoms with Crippen molar-refractivity contribution in [2.24, 2.45) is 0 Å². The van der Waals surface area contributed by atoms with Crippen LogP contribution in [0.2, 0.25) is 0 Å². The maximum absolute atomic E-state index is 10.8. The molecule has 0 atom stereocenters. The quantitative estimate of drug-likeness (QED) is 0.654. The average Bonchev–Trinajstić information content (AvgIpc) is 2.15. The van der Waals surface area contributed by atoms with Gasteiger partial charge >= 0.3 is 5.97 Å². The summed E-state index contributed by atoms with van der Waals surface area (Å²) in [5.41, 5.74) is 0.649. The zero-order chi connectivity index (χ0) is 11.4. The van der Waals surface area contributed by atoms with Gasteiger partial charge in [0.2, 0.25) is 0 Å². The molecule has 0 unspecified atom stereocenters. The molecule has 15 heavy (non-hydrogen) atoms. The lowest BCUT2D eigenvalue weighted by Gasteiger charge is -2.11. The van der Waals surface area contributed by atoms with E-state index in [-0.39, 0.29) is 17.3 Å². The molecule has 0 fully saturated rings. The Balaban J connectivity index is 2.86. The van der Waals surface area contributed by atoms with E-state index < -0.39 is 5.97 Å². The monoisotopic (exact) mass is 206 g/mol. The maximum Gasteiger partial charge on any atom is 0.337 e. The second kappa shape index (κ2) is 4.59. The van der Waals surface area contributed by atoms with E-state index >= 15 is 0 Å². The Hall–Kier alpha value is -1.84. The lowest BCUT2D eigenvalue weighted by molar-refractivity contribution is -0.132. The topological polar surface area (TPSA) is 73.2 Å². The van der Waals surface area contributed by atoms with Crippen LogP contribution >= 0.6 is 0 Å². The molecule has 0 saturated heterocycles. The van der Waals surface area contributed by atoms with Crippen LogP contribution in [0.5, 0.6) is 0 Å². The molecule has 4 nitrogen and oxygen atoms in total. The van der Waals surface area contributed by atoms with Crippen LogP contribution in [0, 0.1) is 5.41 Å². The van der Waals surface area contributed by atoms with Gasteiger partial charge in [0.25, 0.3) is 0 Å². The Morgan fingerprint density at radius 3 is 2.80 bits per heavy atom. The van der Waals surface area contributed by atoms with Crippen LogP contribution in [0.15, 0.2) is 35.6 Å². The highest BCUT2D eigenvalue weighted by Crippen LogP contribution is 2.13. The number of hydrogen-bond acceptors (Lipinski definition) is 3. The average molecular weight is 206 g/mol. The molecule has 1 rings (SSSR count). The fourth-order valence-electron chi connectivity index (χ4n) is 1.13. The molecule has 1 aliphatic carbocycles. The van der Waals surface area contributed by atoms with Crippen molar-refractivity contribution in [1.82, 2.24) is 5.32 Å². The van der Waals surface area contributed by atoms with Gasteiger partial charge in [0.05, 0.1) is 11.3 Å². The fourth-order valence-corrected chi connectivity index (χ4v) is 1.13. The lowest BCUT2D eigenvalue weighted by Crippen LogP contribution is -2.20. The molecule has 0 radical (unpaired) electrons. The van der Waals surface area contributed by atoms with E-state index in [4.69, 9.17) is 10.5 Å². The minimum atomic E-state index is -1.07. The summed E-state index contributed by atoms with van der Waals surface area (Å²) in [6.07, 6.45) is 6.44. The molecule has 1 aliphatic rings. The van der Waals surface area contributed by atoms with E-state index in [2.05, 4.69) is 5.32 Å². The number of allylic oxidation sites excluding steroid dienone is 4. The molecular formula is C11H14N2O2. The highest BCUT2D eigenvalue weighted by atomic mass is 16.4. The second-order valence-electron chi connectivity index (χ2n) is 3.54. The van der Waals surface area contributed by atoms with Gasteiger partial charge in [0.15, 0.2) is 0 Å². The van der Waals surface area contributed by atoms with Crippen molar-refractivity contribution in [3.63, 3.8) is 0 Å². The van der Waals surface area contributed by atoms with E-state index in [9.17, 15) is 4.79 Å². The number of carbonyl (C=O) groups is 1. The third-order valence-corrected chi connectivity index (χ3v) is 1.90. The summed E-state index contributed by atoms with van der Waals surface area (Å²) in [6.45, 7) is 3.95. The number of aliphatic carboxylic acids is 1. The van der Waals surface area contributed by atoms with Gasteiger partial charge in [-0.2, -0.15) is 0 Å². The minimum absolute atomic E-state index is 0.0225. The molecule has 0 aromatic carbocycles. The zero-order valence-electron chi connectivity index (χ0n) is 8.74. The second-order valence-corrected chi connectivity index (χ2v) is 3.54. The summed E-state index contributed by atoms with van der Waals surface area (Å²) in [4.78, 5) is 10.8. The summed E-state index contributed by atoms with van der Waals surface area (Å²) >= 11 is 0. The number of carboxylic acid groups (broad SMARTS) is 1. The first kappa shape index (κ1) is 11.2. The van der Waals surface area contributed by atoms with Crippen molar-refractivity contribution in [3.05, 3.63) is 35.6 Å². The number of hydrogen-bond donors (Lipinski definition) is 3. The SMILES string of the molecule is CC(C)N/C=C1/C=CC=C(C(=O)O)C1=N. The van der Waals surface area contributed by atoms with Crippen molar-refractivity contribution in [1.29, 1.82) is 5.41 Å².